The van der Waals surface area contributed by atoms with Crippen molar-refractivity contribution in [2.45, 2.75) is 43.9 Å². The molecule has 1 aliphatic heterocycles. The van der Waals surface area contributed by atoms with Crippen molar-refractivity contribution in [3.63, 3.8) is 0 Å². The topological polar surface area (TPSA) is 110 Å². The Morgan fingerprint density at radius 2 is 1.77 bits per heavy atom. The second-order valence-electron chi connectivity index (χ2n) is 7.82. The van der Waals surface area contributed by atoms with Crippen LogP contribution in [0.25, 0.3) is 0 Å². The maximum absolute atomic E-state index is 12.9. The number of hydrogen-bond donors (Lipinski definition) is 1. The van der Waals surface area contributed by atoms with Crippen LogP contribution in [0.1, 0.15) is 44.6 Å². The monoisotopic (exact) mass is 445 g/mol. The van der Waals surface area contributed by atoms with E-state index in [2.05, 4.69) is 19.2 Å². The molecule has 1 aliphatic rings. The first-order chi connectivity index (χ1) is 14.7. The number of hydrogen-bond acceptors (Lipinski definition) is 5. The molecular formula is C22H27N3O5S. The van der Waals surface area contributed by atoms with Gasteiger partial charge in [-0.15, -0.1) is 0 Å². The van der Waals surface area contributed by atoms with Gasteiger partial charge in [0.05, 0.1) is 4.92 Å². The van der Waals surface area contributed by atoms with E-state index in [0.717, 1.165) is 6.42 Å². The summed E-state index contributed by atoms with van der Waals surface area (Å²) >= 11 is 0. The predicted molar refractivity (Wildman–Crippen MR) is 118 cm³/mol. The molecule has 0 aliphatic carbocycles. The number of nitro groups is 1. The van der Waals surface area contributed by atoms with E-state index in [-0.39, 0.29) is 29.8 Å². The van der Waals surface area contributed by atoms with Crippen LogP contribution in [0.5, 0.6) is 0 Å². The first-order valence-corrected chi connectivity index (χ1v) is 11.8. The van der Waals surface area contributed by atoms with Crippen LogP contribution in [0.15, 0.2) is 53.4 Å². The molecule has 1 N–H and O–H groups in total. The molecule has 0 spiro atoms. The first-order valence-electron chi connectivity index (χ1n) is 10.4. The molecule has 0 radical (unpaired) electrons. The Hall–Kier alpha value is -2.78. The van der Waals surface area contributed by atoms with E-state index in [0.29, 0.717) is 24.4 Å². The van der Waals surface area contributed by atoms with Crippen molar-refractivity contribution >= 4 is 27.3 Å². The van der Waals surface area contributed by atoms with E-state index in [1.165, 1.54) is 34.1 Å². The molecule has 1 heterocycles. The number of para-hydroxylation sites is 1. The van der Waals surface area contributed by atoms with Crippen molar-refractivity contribution in [3.05, 3.63) is 64.2 Å². The number of anilines is 1. The minimum atomic E-state index is -4.00. The molecule has 1 amide bonds. The smallest absolute Gasteiger partial charge is 0.289 e. The molecule has 2 aromatic carbocycles. The van der Waals surface area contributed by atoms with Crippen molar-refractivity contribution in [2.24, 2.45) is 5.92 Å². The third kappa shape index (κ3) is 5.11. The molecule has 166 valence electrons. The van der Waals surface area contributed by atoms with Gasteiger partial charge < -0.3 is 5.32 Å². The van der Waals surface area contributed by atoms with Gasteiger partial charge in [-0.2, -0.15) is 4.31 Å². The second kappa shape index (κ2) is 9.57. The highest BCUT2D eigenvalue weighted by Crippen LogP contribution is 2.30. The average Bonchev–Trinajstić information content (AvgIpc) is 2.79. The molecule has 0 bridgehead atoms. The Balaban J connectivity index is 1.63. The molecular weight excluding hydrogens is 418 g/mol. The lowest BCUT2D eigenvalue weighted by Crippen LogP contribution is -2.41. The number of piperidine rings is 1. The molecule has 2 aromatic rings. The van der Waals surface area contributed by atoms with Crippen LogP contribution in [-0.2, 0) is 14.8 Å². The third-order valence-electron chi connectivity index (χ3n) is 5.86. The highest BCUT2D eigenvalue weighted by molar-refractivity contribution is 7.89. The van der Waals surface area contributed by atoms with E-state index in [1.54, 1.807) is 0 Å². The second-order valence-corrected chi connectivity index (χ2v) is 9.73. The third-order valence-corrected chi connectivity index (χ3v) is 7.81. The fraction of sp³-hybridized carbons (Fsp3) is 0.409. The molecule has 1 saturated heterocycles. The van der Waals surface area contributed by atoms with Crippen molar-refractivity contribution < 1.29 is 18.1 Å². The van der Waals surface area contributed by atoms with Gasteiger partial charge in [-0.3, -0.25) is 14.9 Å². The van der Waals surface area contributed by atoms with E-state index >= 15 is 0 Å². The normalized spacial score (nSPS) is 16.6. The zero-order valence-electron chi connectivity index (χ0n) is 17.7. The molecule has 3 rings (SSSR count). The molecule has 0 aromatic heterocycles. The summed E-state index contributed by atoms with van der Waals surface area (Å²) in [6, 6.07) is 13.1. The predicted octanol–water partition coefficient (Wildman–Crippen LogP) is 4.15. The van der Waals surface area contributed by atoms with Gasteiger partial charge in [-0.05, 0) is 48.9 Å². The van der Waals surface area contributed by atoms with Gasteiger partial charge in [0, 0.05) is 30.8 Å². The summed E-state index contributed by atoms with van der Waals surface area (Å²) < 4.78 is 27.0. The fourth-order valence-electron chi connectivity index (χ4n) is 3.70. The van der Waals surface area contributed by atoms with Crippen LogP contribution in [0, 0.1) is 16.0 Å². The van der Waals surface area contributed by atoms with Gasteiger partial charge >= 0.3 is 0 Å². The van der Waals surface area contributed by atoms with Crippen LogP contribution in [0.4, 0.5) is 11.4 Å². The van der Waals surface area contributed by atoms with Gasteiger partial charge in [0.2, 0.25) is 15.9 Å². The molecule has 8 nitrogen and oxygen atoms in total. The SMILES string of the molecule is CC[C@H](C)c1ccc(NC(=O)C2CCN(S(=O)(=O)c3ccccc3[N+](=O)[O-])CC2)cc1. The number of nitro benzene ring substituents is 1. The first kappa shape index (κ1) is 22.9. The van der Waals surface area contributed by atoms with Crippen molar-refractivity contribution in [2.75, 3.05) is 18.4 Å². The van der Waals surface area contributed by atoms with Gasteiger partial charge in [-0.25, -0.2) is 8.42 Å². The zero-order chi connectivity index (χ0) is 22.6. The standard InChI is InChI=1S/C22H27N3O5S/c1-3-16(2)17-8-10-19(11-9-17)23-22(26)18-12-14-24(15-13-18)31(29,30)21-7-5-4-6-20(21)25(27)28/h4-11,16,18H,3,12-15H2,1-2H3,(H,23,26)/t16-/m0/s1. The Kier molecular flexibility index (Phi) is 7.07. The van der Waals surface area contributed by atoms with E-state index in [4.69, 9.17) is 0 Å². The number of nitrogens with one attached hydrogen (secondary N) is 1. The van der Waals surface area contributed by atoms with Crippen molar-refractivity contribution in [1.29, 1.82) is 0 Å². The van der Waals surface area contributed by atoms with Crippen LogP contribution >= 0.6 is 0 Å². The summed E-state index contributed by atoms with van der Waals surface area (Å²) in [5, 5.41) is 14.1. The largest absolute Gasteiger partial charge is 0.326 e. The summed E-state index contributed by atoms with van der Waals surface area (Å²) in [6.07, 6.45) is 1.76. The van der Waals surface area contributed by atoms with Crippen molar-refractivity contribution in [1.82, 2.24) is 4.31 Å². The Bertz CT molecular complexity index is 1050. The molecule has 0 unspecified atom stereocenters. The maximum Gasteiger partial charge on any atom is 0.289 e. The highest BCUT2D eigenvalue weighted by atomic mass is 32.2. The molecule has 1 atom stereocenters. The lowest BCUT2D eigenvalue weighted by molar-refractivity contribution is -0.387. The number of carbonyl (C=O) groups excluding carboxylic acids is 1. The number of rotatable bonds is 7. The minimum absolute atomic E-state index is 0.138. The number of carbonyl (C=O) groups is 1. The number of benzene rings is 2. The molecule has 0 saturated carbocycles. The summed E-state index contributed by atoms with van der Waals surface area (Å²) in [4.78, 5) is 22.8. The Morgan fingerprint density at radius 3 is 2.35 bits per heavy atom. The number of amides is 1. The fourth-order valence-corrected chi connectivity index (χ4v) is 5.33. The highest BCUT2D eigenvalue weighted by Gasteiger charge is 2.35. The zero-order valence-corrected chi connectivity index (χ0v) is 18.5. The van der Waals surface area contributed by atoms with E-state index in [9.17, 15) is 23.3 Å². The van der Waals surface area contributed by atoms with Crippen LogP contribution in [0.2, 0.25) is 0 Å². The van der Waals surface area contributed by atoms with E-state index in [1.807, 2.05) is 24.3 Å². The van der Waals surface area contributed by atoms with Crippen molar-refractivity contribution in [3.8, 4) is 0 Å². The van der Waals surface area contributed by atoms with Gasteiger partial charge in [0.15, 0.2) is 4.90 Å². The quantitative estimate of drug-likeness (QED) is 0.509. The van der Waals surface area contributed by atoms with Gasteiger partial charge in [0.25, 0.3) is 5.69 Å². The van der Waals surface area contributed by atoms with Gasteiger partial charge in [0.1, 0.15) is 0 Å². The average molecular weight is 446 g/mol. The summed E-state index contributed by atoms with van der Waals surface area (Å²) in [5.41, 5.74) is 1.49. The molecule has 9 heteroatoms. The summed E-state index contributed by atoms with van der Waals surface area (Å²) in [6.45, 7) is 4.56. The Morgan fingerprint density at radius 1 is 1.16 bits per heavy atom. The minimum Gasteiger partial charge on any atom is -0.326 e. The van der Waals surface area contributed by atoms with Crippen LogP contribution in [0.3, 0.4) is 0 Å². The molecule has 31 heavy (non-hydrogen) atoms. The van der Waals surface area contributed by atoms with Gasteiger partial charge in [-0.1, -0.05) is 38.1 Å². The number of nitrogens with zero attached hydrogens (tertiary/aromatic N) is 2. The van der Waals surface area contributed by atoms with Crippen LogP contribution < -0.4 is 5.32 Å². The van der Waals surface area contributed by atoms with E-state index < -0.39 is 20.6 Å². The summed E-state index contributed by atoms with van der Waals surface area (Å²) in [5.74, 6) is 0.00180. The summed E-state index contributed by atoms with van der Waals surface area (Å²) in [7, 11) is -4.00. The number of sulfonamides is 1. The lowest BCUT2D eigenvalue weighted by atomic mass is 9.96. The van der Waals surface area contributed by atoms with Crippen LogP contribution in [-0.4, -0.2) is 36.6 Å². The lowest BCUT2D eigenvalue weighted by Gasteiger charge is -2.30. The maximum atomic E-state index is 12.9. The Labute approximate surface area is 182 Å². The molecule has 1 fully saturated rings.